The number of nitrogens with zero attached hydrogens (tertiary/aromatic N) is 2. The number of aliphatic hydroxyl groups is 1. The van der Waals surface area contributed by atoms with Crippen LogP contribution in [0.25, 0.3) is 22.2 Å². The number of H-pyrrole nitrogens is 1. The van der Waals surface area contributed by atoms with Crippen LogP contribution in [0, 0.1) is 18.6 Å². The summed E-state index contributed by atoms with van der Waals surface area (Å²) in [6, 6.07) is 12.7. The van der Waals surface area contributed by atoms with E-state index in [1.807, 2.05) is 0 Å². The van der Waals surface area contributed by atoms with Crippen molar-refractivity contribution in [1.82, 2.24) is 14.7 Å². The average molecular weight is 525 g/mol. The van der Waals surface area contributed by atoms with Gasteiger partial charge in [0.25, 0.3) is 11.9 Å². The molecule has 1 saturated heterocycles. The number of ether oxygens (including phenoxy) is 1. The number of amides is 1. The van der Waals surface area contributed by atoms with Crippen LogP contribution in [-0.2, 0) is 21.6 Å². The molecule has 1 unspecified atom stereocenters. The highest BCUT2D eigenvalue weighted by Crippen LogP contribution is 2.42. The number of benzene rings is 3. The van der Waals surface area contributed by atoms with Crippen LogP contribution in [0.15, 0.2) is 48.5 Å². The van der Waals surface area contributed by atoms with Crippen molar-refractivity contribution in [1.29, 1.82) is 0 Å². The van der Waals surface area contributed by atoms with Crippen molar-refractivity contribution in [3.63, 3.8) is 0 Å². The molecule has 37 heavy (non-hydrogen) atoms. The Balaban J connectivity index is 1.31. The lowest BCUT2D eigenvalue weighted by atomic mass is 9.75. The average Bonchev–Trinajstić information content (AvgIpc) is 3.40. The zero-order valence-electron chi connectivity index (χ0n) is 19.7. The third-order valence-electron chi connectivity index (χ3n) is 6.89. The van der Waals surface area contributed by atoms with E-state index in [1.165, 1.54) is 4.31 Å². The third kappa shape index (κ3) is 4.04. The summed E-state index contributed by atoms with van der Waals surface area (Å²) in [4.78, 5) is 18.6. The lowest BCUT2D eigenvalue weighted by molar-refractivity contribution is -0.117. The highest BCUT2D eigenvalue weighted by molar-refractivity contribution is 7.85. The van der Waals surface area contributed by atoms with Gasteiger partial charge in [0.1, 0.15) is 23.6 Å². The molecule has 2 aliphatic rings. The SMILES string of the molecule is Cc1ccc(Oc2nc3c(F)c(-c4ccc(C5(O)CCC5)cc4)c(F)cc3[nH]2)cc1N1CC(=O)NS1=O. The topological polar surface area (TPSA) is 108 Å². The summed E-state index contributed by atoms with van der Waals surface area (Å²) in [5, 5.41) is 10.5. The molecule has 0 bridgehead atoms. The molecule has 1 aliphatic heterocycles. The van der Waals surface area contributed by atoms with Gasteiger partial charge in [-0.1, -0.05) is 30.3 Å². The van der Waals surface area contributed by atoms with Gasteiger partial charge in [-0.25, -0.2) is 13.0 Å². The van der Waals surface area contributed by atoms with Crippen molar-refractivity contribution in [3.05, 3.63) is 71.3 Å². The Bertz CT molecular complexity index is 1580. The first-order chi connectivity index (χ1) is 17.7. The van der Waals surface area contributed by atoms with E-state index in [2.05, 4.69) is 14.7 Å². The van der Waals surface area contributed by atoms with Crippen LogP contribution in [0.4, 0.5) is 14.5 Å². The largest absolute Gasteiger partial charge is 0.426 e. The first-order valence-corrected chi connectivity index (χ1v) is 12.8. The maximum atomic E-state index is 15.5. The third-order valence-corrected chi connectivity index (χ3v) is 8.02. The molecule has 1 atom stereocenters. The summed E-state index contributed by atoms with van der Waals surface area (Å²) < 4.78 is 52.2. The van der Waals surface area contributed by atoms with Gasteiger partial charge in [-0.2, -0.15) is 4.98 Å². The van der Waals surface area contributed by atoms with Crippen molar-refractivity contribution in [2.45, 2.75) is 31.8 Å². The highest BCUT2D eigenvalue weighted by Gasteiger charge is 2.36. The van der Waals surface area contributed by atoms with Crippen LogP contribution in [0.3, 0.4) is 0 Å². The number of carbonyl (C=O) groups excluding carboxylic acids is 1. The van der Waals surface area contributed by atoms with Gasteiger partial charge in [-0.15, -0.1) is 0 Å². The predicted molar refractivity (Wildman–Crippen MR) is 134 cm³/mol. The minimum absolute atomic E-state index is 0.0560. The van der Waals surface area contributed by atoms with Crippen LogP contribution in [0.5, 0.6) is 11.8 Å². The molecule has 2 fully saturated rings. The van der Waals surface area contributed by atoms with Crippen molar-refractivity contribution < 1.29 is 27.6 Å². The van der Waals surface area contributed by atoms with Gasteiger partial charge in [0.2, 0.25) is 11.2 Å². The zero-order valence-corrected chi connectivity index (χ0v) is 20.5. The van der Waals surface area contributed by atoms with Gasteiger partial charge in [0, 0.05) is 12.1 Å². The molecular formula is C26H22F2N4O4S. The van der Waals surface area contributed by atoms with E-state index >= 15 is 8.78 Å². The van der Waals surface area contributed by atoms with Crippen molar-refractivity contribution in [3.8, 4) is 22.9 Å². The molecule has 190 valence electrons. The van der Waals surface area contributed by atoms with Gasteiger partial charge in [-0.05, 0) is 48.9 Å². The zero-order chi connectivity index (χ0) is 25.9. The van der Waals surface area contributed by atoms with E-state index in [4.69, 9.17) is 4.74 Å². The number of rotatable bonds is 5. The second-order valence-electron chi connectivity index (χ2n) is 9.31. The number of carbonyl (C=O) groups is 1. The van der Waals surface area contributed by atoms with Gasteiger partial charge >= 0.3 is 0 Å². The fourth-order valence-corrected chi connectivity index (χ4v) is 5.68. The summed E-state index contributed by atoms with van der Waals surface area (Å²) >= 11 is -1.70. The molecule has 8 nitrogen and oxygen atoms in total. The summed E-state index contributed by atoms with van der Waals surface area (Å²) in [7, 11) is 0. The van der Waals surface area contributed by atoms with E-state index in [-0.39, 0.29) is 35.1 Å². The number of hydrogen-bond donors (Lipinski definition) is 3. The second-order valence-corrected chi connectivity index (χ2v) is 10.5. The number of aromatic nitrogens is 2. The standard InChI is InChI=1S/C26H22F2N4O4S/c1-14-3-8-17(11-20(14)32-13-21(33)31-37(32)35)36-25-29-19-12-18(27)22(23(28)24(19)30-25)15-4-6-16(7-5-15)26(34)9-2-10-26/h3-8,11-12,34H,2,9-10,13H2,1H3,(H,29,30)(H,31,33). The van der Waals surface area contributed by atoms with E-state index in [0.29, 0.717) is 29.8 Å². The van der Waals surface area contributed by atoms with Crippen LogP contribution in [-0.4, -0.2) is 31.7 Å². The molecule has 6 rings (SSSR count). The Morgan fingerprint density at radius 2 is 1.89 bits per heavy atom. The van der Waals surface area contributed by atoms with Crippen LogP contribution in [0.1, 0.15) is 30.4 Å². The van der Waals surface area contributed by atoms with Crippen LogP contribution >= 0.6 is 0 Å². The number of anilines is 1. The Hall–Kier alpha value is -3.83. The normalized spacial score (nSPS) is 18.6. The first-order valence-electron chi connectivity index (χ1n) is 11.7. The molecular weight excluding hydrogens is 502 g/mol. The van der Waals surface area contributed by atoms with E-state index in [1.54, 1.807) is 49.4 Å². The minimum Gasteiger partial charge on any atom is -0.426 e. The number of aromatic amines is 1. The van der Waals surface area contributed by atoms with Gasteiger partial charge in [0.05, 0.1) is 22.4 Å². The van der Waals surface area contributed by atoms with Crippen LogP contribution < -0.4 is 13.8 Å². The van der Waals surface area contributed by atoms with E-state index in [9.17, 15) is 14.1 Å². The highest BCUT2D eigenvalue weighted by atomic mass is 32.2. The molecule has 3 aromatic carbocycles. The molecule has 0 radical (unpaired) electrons. The molecule has 1 amide bonds. The monoisotopic (exact) mass is 524 g/mol. The maximum Gasteiger partial charge on any atom is 0.300 e. The maximum absolute atomic E-state index is 15.5. The Morgan fingerprint density at radius 1 is 1.14 bits per heavy atom. The smallest absolute Gasteiger partial charge is 0.300 e. The van der Waals surface area contributed by atoms with Gasteiger partial charge in [0.15, 0.2) is 5.82 Å². The molecule has 4 aromatic rings. The number of nitrogens with one attached hydrogen (secondary N) is 2. The molecule has 2 heterocycles. The Kier molecular flexibility index (Phi) is 5.50. The van der Waals surface area contributed by atoms with Gasteiger partial charge < -0.3 is 14.8 Å². The predicted octanol–water partition coefficient (Wildman–Crippen LogP) is 4.50. The summed E-state index contributed by atoms with van der Waals surface area (Å²) in [6.07, 6.45) is 2.29. The minimum atomic E-state index is -1.70. The first kappa shape index (κ1) is 23.6. The molecule has 1 aromatic heterocycles. The number of aryl methyl sites for hydroxylation is 1. The fraction of sp³-hybridized carbons (Fsp3) is 0.231. The summed E-state index contributed by atoms with van der Waals surface area (Å²) in [5.41, 5.74) is 1.32. The van der Waals surface area contributed by atoms with Crippen LogP contribution in [0.2, 0.25) is 0 Å². The van der Waals surface area contributed by atoms with Crippen molar-refractivity contribution >= 4 is 33.8 Å². The Labute approximate surface area is 213 Å². The molecule has 1 saturated carbocycles. The van der Waals surface area contributed by atoms with E-state index in [0.717, 1.165) is 23.6 Å². The lowest BCUT2D eigenvalue weighted by Crippen LogP contribution is -2.33. The fourth-order valence-electron chi connectivity index (χ4n) is 4.70. The quantitative estimate of drug-likeness (QED) is 0.357. The summed E-state index contributed by atoms with van der Waals surface area (Å²) in [5.74, 6) is -1.65. The lowest BCUT2D eigenvalue weighted by Gasteiger charge is -2.37. The van der Waals surface area contributed by atoms with E-state index < -0.39 is 28.4 Å². The second kappa shape index (κ2) is 8.63. The number of fused-ring (bicyclic) bond motifs is 1. The van der Waals surface area contributed by atoms with Crippen molar-refractivity contribution in [2.24, 2.45) is 0 Å². The number of hydrogen-bond acceptors (Lipinski definition) is 5. The number of imidazole rings is 1. The molecule has 1 aliphatic carbocycles. The van der Waals surface area contributed by atoms with Crippen molar-refractivity contribution in [2.75, 3.05) is 10.8 Å². The van der Waals surface area contributed by atoms with Gasteiger partial charge in [-0.3, -0.25) is 13.8 Å². The summed E-state index contributed by atoms with van der Waals surface area (Å²) in [6.45, 7) is 1.74. The molecule has 3 N–H and O–H groups in total. The molecule has 0 spiro atoms. The number of halogens is 2. The Morgan fingerprint density at radius 3 is 2.54 bits per heavy atom. The molecule has 11 heteroatoms.